The van der Waals surface area contributed by atoms with E-state index in [1.54, 1.807) is 36.2 Å². The number of hydrogen-bond donors (Lipinski definition) is 1. The fourth-order valence-corrected chi connectivity index (χ4v) is 2.32. The molecule has 0 radical (unpaired) electrons. The van der Waals surface area contributed by atoms with Crippen LogP contribution in [-0.4, -0.2) is 7.05 Å². The predicted octanol–water partition coefficient (Wildman–Crippen LogP) is 3.65. The summed E-state index contributed by atoms with van der Waals surface area (Å²) >= 11 is 1.89. The van der Waals surface area contributed by atoms with Gasteiger partial charge in [0.1, 0.15) is 11.9 Å². The lowest BCUT2D eigenvalue weighted by Gasteiger charge is -2.22. The molecule has 0 aromatic heterocycles. The Balaban J connectivity index is 2.54. The monoisotopic (exact) mass is 367 g/mol. The Labute approximate surface area is 124 Å². The molecule has 2 aromatic rings. The molecule has 2 rings (SSSR count). The fourth-order valence-electron chi connectivity index (χ4n) is 1.83. The lowest BCUT2D eigenvalue weighted by atomic mass is 10.1. The van der Waals surface area contributed by atoms with Crippen LogP contribution in [0.25, 0.3) is 0 Å². The quantitative estimate of drug-likeness (QED) is 0.651. The Morgan fingerprint density at radius 3 is 2.63 bits per heavy atom. The van der Waals surface area contributed by atoms with Gasteiger partial charge in [-0.05, 0) is 40.8 Å². The van der Waals surface area contributed by atoms with Crippen LogP contribution in [0.4, 0.5) is 21.5 Å². The van der Waals surface area contributed by atoms with E-state index in [-0.39, 0.29) is 5.82 Å². The Morgan fingerprint density at radius 1 is 1.26 bits per heavy atom. The number of nitrogens with two attached hydrogens (primary N) is 1. The van der Waals surface area contributed by atoms with Crippen molar-refractivity contribution >= 4 is 39.7 Å². The van der Waals surface area contributed by atoms with Crippen molar-refractivity contribution in [1.82, 2.24) is 0 Å². The molecular formula is C14H11FIN3. The molecule has 5 heteroatoms. The molecule has 0 atom stereocenters. The lowest BCUT2D eigenvalue weighted by molar-refractivity contribution is 0.620. The molecule has 0 heterocycles. The summed E-state index contributed by atoms with van der Waals surface area (Å²) in [6, 6.07) is 12.2. The molecule has 96 valence electrons. The second-order valence-electron chi connectivity index (χ2n) is 4.01. The maximum absolute atomic E-state index is 13.7. The Morgan fingerprint density at radius 2 is 1.95 bits per heavy atom. The highest BCUT2D eigenvalue weighted by atomic mass is 127. The van der Waals surface area contributed by atoms with E-state index in [4.69, 9.17) is 11.0 Å². The van der Waals surface area contributed by atoms with Gasteiger partial charge in [-0.15, -0.1) is 0 Å². The first-order valence-electron chi connectivity index (χ1n) is 5.52. The lowest BCUT2D eigenvalue weighted by Crippen LogP contribution is -2.13. The minimum Gasteiger partial charge on any atom is -0.397 e. The van der Waals surface area contributed by atoms with Crippen LogP contribution in [0.1, 0.15) is 5.56 Å². The number of nitrogen functional groups attached to an aromatic ring is 1. The van der Waals surface area contributed by atoms with Crippen molar-refractivity contribution in [2.24, 2.45) is 0 Å². The van der Waals surface area contributed by atoms with Gasteiger partial charge in [0.25, 0.3) is 0 Å². The number of hydrogen-bond acceptors (Lipinski definition) is 3. The first kappa shape index (κ1) is 13.6. The van der Waals surface area contributed by atoms with E-state index in [9.17, 15) is 4.39 Å². The number of nitrogens with zero attached hydrogens (tertiary/aromatic N) is 2. The van der Waals surface area contributed by atoms with Crippen LogP contribution in [0.5, 0.6) is 0 Å². The number of benzene rings is 2. The van der Waals surface area contributed by atoms with E-state index in [2.05, 4.69) is 6.07 Å². The zero-order valence-corrected chi connectivity index (χ0v) is 12.3. The second kappa shape index (κ2) is 5.45. The molecule has 0 saturated carbocycles. The molecule has 0 bridgehead atoms. The van der Waals surface area contributed by atoms with E-state index < -0.39 is 0 Å². The third-order valence-electron chi connectivity index (χ3n) is 2.82. The van der Waals surface area contributed by atoms with E-state index in [1.165, 1.54) is 6.07 Å². The maximum Gasteiger partial charge on any atom is 0.138 e. The third kappa shape index (κ3) is 2.63. The molecule has 2 N–H and O–H groups in total. The Bertz CT molecular complexity index is 664. The Hall–Kier alpha value is -1.81. The van der Waals surface area contributed by atoms with Gasteiger partial charge in [0.05, 0.1) is 26.2 Å². The molecule has 0 unspecified atom stereocenters. The summed E-state index contributed by atoms with van der Waals surface area (Å²) < 4.78 is 14.1. The number of anilines is 3. The van der Waals surface area contributed by atoms with Gasteiger partial charge in [-0.25, -0.2) is 4.39 Å². The van der Waals surface area contributed by atoms with Crippen LogP contribution in [0.2, 0.25) is 0 Å². The molecule has 3 nitrogen and oxygen atoms in total. The highest BCUT2D eigenvalue weighted by Gasteiger charge is 2.13. The molecular weight excluding hydrogens is 356 g/mol. The number of para-hydroxylation sites is 1. The molecule has 0 saturated heterocycles. The summed E-state index contributed by atoms with van der Waals surface area (Å²) in [6.07, 6.45) is 0. The summed E-state index contributed by atoms with van der Waals surface area (Å²) in [4.78, 5) is 1.72. The van der Waals surface area contributed by atoms with Gasteiger partial charge in [-0.2, -0.15) is 5.26 Å². The van der Waals surface area contributed by atoms with Gasteiger partial charge in [-0.1, -0.05) is 12.1 Å². The van der Waals surface area contributed by atoms with E-state index in [0.29, 0.717) is 26.2 Å². The van der Waals surface area contributed by atoms with Gasteiger partial charge < -0.3 is 10.6 Å². The minimum atomic E-state index is -0.328. The molecule has 0 amide bonds. The Kier molecular flexibility index (Phi) is 3.90. The average molecular weight is 367 g/mol. The summed E-state index contributed by atoms with van der Waals surface area (Å²) in [7, 11) is 1.76. The zero-order valence-electron chi connectivity index (χ0n) is 10.2. The molecule has 2 aromatic carbocycles. The standard InChI is InChI=1S/C14H11FIN3/c1-19(13-5-3-2-4-9(13)8-17)14-6-10(15)11(16)7-12(14)18/h2-7H,18H2,1H3. The average Bonchev–Trinajstić information content (AvgIpc) is 2.42. The van der Waals surface area contributed by atoms with Crippen molar-refractivity contribution in [2.75, 3.05) is 17.7 Å². The highest BCUT2D eigenvalue weighted by molar-refractivity contribution is 14.1. The predicted molar refractivity (Wildman–Crippen MR) is 82.7 cm³/mol. The van der Waals surface area contributed by atoms with Crippen LogP contribution in [0, 0.1) is 20.7 Å². The first-order valence-corrected chi connectivity index (χ1v) is 6.60. The number of nitriles is 1. The molecule has 0 spiro atoms. The number of rotatable bonds is 2. The van der Waals surface area contributed by atoms with Gasteiger partial charge in [0.15, 0.2) is 0 Å². The molecule has 19 heavy (non-hydrogen) atoms. The van der Waals surface area contributed by atoms with Crippen LogP contribution in [0.3, 0.4) is 0 Å². The van der Waals surface area contributed by atoms with Crippen molar-refractivity contribution in [3.63, 3.8) is 0 Å². The van der Waals surface area contributed by atoms with Gasteiger partial charge in [-0.3, -0.25) is 0 Å². The zero-order chi connectivity index (χ0) is 14.0. The molecule has 0 aliphatic rings. The second-order valence-corrected chi connectivity index (χ2v) is 5.18. The minimum absolute atomic E-state index is 0.328. The van der Waals surface area contributed by atoms with Crippen LogP contribution < -0.4 is 10.6 Å². The number of halogens is 2. The van der Waals surface area contributed by atoms with Crippen molar-refractivity contribution in [3.8, 4) is 6.07 Å². The van der Waals surface area contributed by atoms with Crippen molar-refractivity contribution in [1.29, 1.82) is 5.26 Å². The van der Waals surface area contributed by atoms with Crippen molar-refractivity contribution in [2.45, 2.75) is 0 Å². The third-order valence-corrected chi connectivity index (χ3v) is 3.64. The topological polar surface area (TPSA) is 53.0 Å². The van der Waals surface area contributed by atoms with Crippen LogP contribution >= 0.6 is 22.6 Å². The normalized spacial score (nSPS) is 10.0. The molecule has 0 fully saturated rings. The summed E-state index contributed by atoms with van der Waals surface area (Å²) in [5.41, 5.74) is 8.15. The first-order chi connectivity index (χ1) is 9.04. The molecule has 0 aliphatic heterocycles. The van der Waals surface area contributed by atoms with E-state index in [1.807, 2.05) is 28.7 Å². The van der Waals surface area contributed by atoms with Gasteiger partial charge in [0, 0.05) is 13.1 Å². The van der Waals surface area contributed by atoms with Gasteiger partial charge in [0.2, 0.25) is 0 Å². The van der Waals surface area contributed by atoms with Crippen LogP contribution in [0.15, 0.2) is 36.4 Å². The van der Waals surface area contributed by atoms with E-state index in [0.717, 1.165) is 0 Å². The summed E-state index contributed by atoms with van der Waals surface area (Å²) in [5.74, 6) is -0.328. The highest BCUT2D eigenvalue weighted by Crippen LogP contribution is 2.33. The largest absolute Gasteiger partial charge is 0.397 e. The molecule has 0 aliphatic carbocycles. The van der Waals surface area contributed by atoms with E-state index >= 15 is 0 Å². The van der Waals surface area contributed by atoms with Crippen molar-refractivity contribution < 1.29 is 4.39 Å². The maximum atomic E-state index is 13.7. The summed E-state index contributed by atoms with van der Waals surface area (Å²) in [6.45, 7) is 0. The van der Waals surface area contributed by atoms with Crippen LogP contribution in [-0.2, 0) is 0 Å². The van der Waals surface area contributed by atoms with Gasteiger partial charge >= 0.3 is 0 Å². The summed E-state index contributed by atoms with van der Waals surface area (Å²) in [5, 5.41) is 9.10. The fraction of sp³-hybridized carbons (Fsp3) is 0.0714. The van der Waals surface area contributed by atoms with Crippen molar-refractivity contribution in [3.05, 3.63) is 51.3 Å². The SMILES string of the molecule is CN(c1cc(F)c(I)cc1N)c1ccccc1C#N. The smallest absolute Gasteiger partial charge is 0.138 e.